The first-order valence-electron chi connectivity index (χ1n) is 10.4. The van der Waals surface area contributed by atoms with Crippen LogP contribution in [0.25, 0.3) is 5.65 Å². The fraction of sp³-hybridized carbons (Fsp3) is 0.429. The van der Waals surface area contributed by atoms with Crippen LogP contribution in [0.5, 0.6) is 5.88 Å². The average molecular weight is 424 g/mol. The number of hydrogen-bond donors (Lipinski definition) is 1. The zero-order chi connectivity index (χ0) is 21.0. The Hall–Kier alpha value is -3.27. The van der Waals surface area contributed by atoms with Crippen LogP contribution in [-0.4, -0.2) is 57.4 Å². The largest absolute Gasteiger partial charge is 0.475 e. The van der Waals surface area contributed by atoms with Crippen LogP contribution in [0.15, 0.2) is 30.7 Å². The van der Waals surface area contributed by atoms with Crippen molar-refractivity contribution in [3.63, 3.8) is 0 Å². The number of hydrogen-bond acceptors (Lipinski definition) is 7. The fourth-order valence-corrected chi connectivity index (χ4v) is 4.32. The van der Waals surface area contributed by atoms with Gasteiger partial charge in [-0.3, -0.25) is 4.79 Å². The normalized spacial score (nSPS) is 22.4. The Morgan fingerprint density at radius 1 is 1.26 bits per heavy atom. The van der Waals surface area contributed by atoms with E-state index in [1.807, 2.05) is 6.07 Å². The van der Waals surface area contributed by atoms with E-state index >= 15 is 0 Å². The van der Waals surface area contributed by atoms with Crippen molar-refractivity contribution < 1.29 is 18.7 Å². The number of carbonyl (C=O) groups excluding carboxylic acids is 1. The van der Waals surface area contributed by atoms with Crippen LogP contribution in [0, 0.1) is 5.82 Å². The van der Waals surface area contributed by atoms with E-state index in [-0.39, 0.29) is 18.6 Å². The molecule has 1 saturated carbocycles. The summed E-state index contributed by atoms with van der Waals surface area (Å²) in [4.78, 5) is 24.1. The number of ether oxygens (including phenoxy) is 2. The highest BCUT2D eigenvalue weighted by molar-refractivity contribution is 6.00. The van der Waals surface area contributed by atoms with Crippen LogP contribution in [-0.2, 0) is 4.74 Å². The summed E-state index contributed by atoms with van der Waals surface area (Å²) in [7, 11) is 0. The molecule has 2 fully saturated rings. The highest BCUT2D eigenvalue weighted by Gasteiger charge is 2.46. The lowest BCUT2D eigenvalue weighted by atomic mass is 10.0. The van der Waals surface area contributed by atoms with E-state index in [0.29, 0.717) is 54.7 Å². The van der Waals surface area contributed by atoms with Gasteiger partial charge >= 0.3 is 0 Å². The predicted octanol–water partition coefficient (Wildman–Crippen LogP) is 1.89. The molecule has 1 atom stereocenters. The van der Waals surface area contributed by atoms with Crippen molar-refractivity contribution in [1.82, 2.24) is 24.9 Å². The first kappa shape index (κ1) is 18.5. The summed E-state index contributed by atoms with van der Waals surface area (Å²) in [6.07, 6.45) is 6.71. The molecule has 1 N–H and O–H groups in total. The Bertz CT molecular complexity index is 1180. The first-order valence-corrected chi connectivity index (χ1v) is 10.4. The Morgan fingerprint density at radius 3 is 3.03 bits per heavy atom. The van der Waals surface area contributed by atoms with Gasteiger partial charge in [0, 0.05) is 24.9 Å². The summed E-state index contributed by atoms with van der Waals surface area (Å²) in [6.45, 7) is 1.87. The third-order valence-corrected chi connectivity index (χ3v) is 6.20. The van der Waals surface area contributed by atoms with Crippen LogP contribution in [0.4, 0.5) is 10.2 Å². The second-order valence-corrected chi connectivity index (χ2v) is 8.29. The summed E-state index contributed by atoms with van der Waals surface area (Å²) in [5.74, 6) is 0.381. The minimum atomic E-state index is -0.462. The lowest BCUT2D eigenvalue weighted by molar-refractivity contribution is 0.0913. The molecule has 2 bridgehead atoms. The molecule has 5 heterocycles. The minimum absolute atomic E-state index is 0.233. The third kappa shape index (κ3) is 3.18. The molecule has 0 radical (unpaired) electrons. The van der Waals surface area contributed by atoms with Gasteiger partial charge in [-0.2, -0.15) is 5.10 Å². The van der Waals surface area contributed by atoms with E-state index in [2.05, 4.69) is 20.3 Å². The predicted molar refractivity (Wildman–Crippen MR) is 108 cm³/mol. The summed E-state index contributed by atoms with van der Waals surface area (Å²) >= 11 is 0. The monoisotopic (exact) mass is 424 g/mol. The van der Waals surface area contributed by atoms with Gasteiger partial charge in [0.2, 0.25) is 5.88 Å². The van der Waals surface area contributed by atoms with Crippen molar-refractivity contribution in [2.24, 2.45) is 0 Å². The van der Waals surface area contributed by atoms with Crippen LogP contribution in [0.2, 0.25) is 0 Å². The Balaban J connectivity index is 1.55. The number of fused-ring (bicyclic) bond motifs is 5. The van der Waals surface area contributed by atoms with Crippen molar-refractivity contribution in [3.05, 3.63) is 47.7 Å². The molecule has 9 nitrogen and oxygen atoms in total. The molecular weight excluding hydrogens is 403 g/mol. The van der Waals surface area contributed by atoms with Crippen molar-refractivity contribution in [2.45, 2.75) is 30.8 Å². The van der Waals surface area contributed by atoms with E-state index in [0.717, 1.165) is 19.0 Å². The number of rotatable bonds is 0. The van der Waals surface area contributed by atoms with Crippen molar-refractivity contribution in [1.29, 1.82) is 0 Å². The summed E-state index contributed by atoms with van der Waals surface area (Å²) < 4.78 is 27.6. The number of halogens is 1. The molecule has 31 heavy (non-hydrogen) atoms. The molecule has 0 unspecified atom stereocenters. The molecular formula is C21H21FN6O3. The van der Waals surface area contributed by atoms with Gasteiger partial charge in [0.1, 0.15) is 23.8 Å². The minimum Gasteiger partial charge on any atom is -0.475 e. The summed E-state index contributed by atoms with van der Waals surface area (Å²) in [6, 6.07) is 3.09. The summed E-state index contributed by atoms with van der Waals surface area (Å²) in [5.41, 5.74) is 1.09. The molecule has 1 saturated heterocycles. The second-order valence-electron chi connectivity index (χ2n) is 8.29. The Kier molecular flexibility index (Phi) is 4.10. The van der Waals surface area contributed by atoms with Gasteiger partial charge in [-0.05, 0) is 31.4 Å². The maximum absolute atomic E-state index is 14.3. The SMILES string of the molecule is O=C1NC2(CC2)COc2ncc(F)cc2[C@@H]2CCOCCN2c2ccn3ncc1c3n2. The van der Waals surface area contributed by atoms with Crippen LogP contribution >= 0.6 is 0 Å². The Morgan fingerprint density at radius 2 is 2.16 bits per heavy atom. The zero-order valence-corrected chi connectivity index (χ0v) is 16.8. The number of carbonyl (C=O) groups is 1. The molecule has 6 rings (SSSR count). The highest BCUT2D eigenvalue weighted by atomic mass is 19.1. The first-order chi connectivity index (χ1) is 15.1. The van der Waals surface area contributed by atoms with Crippen LogP contribution < -0.4 is 15.0 Å². The molecule has 1 spiro atoms. The molecule has 1 aliphatic carbocycles. The number of anilines is 1. The van der Waals surface area contributed by atoms with Crippen molar-refractivity contribution in [2.75, 3.05) is 31.3 Å². The third-order valence-electron chi connectivity index (χ3n) is 6.20. The maximum atomic E-state index is 14.3. The molecule has 3 aromatic heterocycles. The second kappa shape index (κ2) is 6.88. The van der Waals surface area contributed by atoms with Crippen LogP contribution in [0.1, 0.15) is 41.2 Å². The highest BCUT2D eigenvalue weighted by Crippen LogP contribution is 2.39. The van der Waals surface area contributed by atoms with Crippen LogP contribution in [0.3, 0.4) is 0 Å². The van der Waals surface area contributed by atoms with Gasteiger partial charge in [-0.1, -0.05) is 0 Å². The van der Waals surface area contributed by atoms with E-state index in [1.165, 1.54) is 12.3 Å². The Labute approximate surface area is 177 Å². The lowest BCUT2D eigenvalue weighted by Crippen LogP contribution is -2.41. The standard InChI is InChI=1S/C21H21FN6O3/c22-13-9-14-16-2-7-30-8-6-27(16)17-1-5-28-18(25-17)15(11-24-28)19(29)26-21(3-4-21)12-31-20(14)23-10-13/h1,5,9-11,16H,2-4,6-8,12H2,(H,26,29)/t16-/m0/s1. The average Bonchev–Trinajstić information content (AvgIpc) is 3.46. The molecule has 10 heteroatoms. The molecule has 0 aromatic carbocycles. The maximum Gasteiger partial charge on any atom is 0.257 e. The molecule has 1 amide bonds. The van der Waals surface area contributed by atoms with Gasteiger partial charge < -0.3 is 19.7 Å². The van der Waals surface area contributed by atoms with E-state index in [1.54, 1.807) is 10.7 Å². The number of nitrogens with zero attached hydrogens (tertiary/aromatic N) is 5. The fourth-order valence-electron chi connectivity index (χ4n) is 4.32. The smallest absolute Gasteiger partial charge is 0.257 e. The quantitative estimate of drug-likeness (QED) is 0.589. The van der Waals surface area contributed by atoms with Gasteiger partial charge in [0.25, 0.3) is 5.91 Å². The van der Waals surface area contributed by atoms with E-state index in [9.17, 15) is 9.18 Å². The van der Waals surface area contributed by atoms with Crippen molar-refractivity contribution in [3.8, 4) is 5.88 Å². The van der Waals surface area contributed by atoms with E-state index < -0.39 is 11.4 Å². The van der Waals surface area contributed by atoms with Crippen molar-refractivity contribution >= 4 is 17.4 Å². The van der Waals surface area contributed by atoms with Gasteiger partial charge in [0.05, 0.1) is 30.6 Å². The summed E-state index contributed by atoms with van der Waals surface area (Å²) in [5, 5.41) is 7.36. The number of aromatic nitrogens is 4. The van der Waals surface area contributed by atoms with Gasteiger partial charge in [-0.25, -0.2) is 18.9 Å². The molecule has 2 aliphatic heterocycles. The topological polar surface area (TPSA) is 93.9 Å². The molecule has 3 aromatic rings. The zero-order valence-electron chi connectivity index (χ0n) is 16.8. The number of amides is 1. The number of pyridine rings is 1. The lowest BCUT2D eigenvalue weighted by Gasteiger charge is -2.31. The number of nitrogens with one attached hydrogen (secondary N) is 1. The molecule has 3 aliphatic rings. The van der Waals surface area contributed by atoms with Gasteiger partial charge in [0.15, 0.2) is 5.65 Å². The van der Waals surface area contributed by atoms with Gasteiger partial charge in [-0.15, -0.1) is 0 Å². The van der Waals surface area contributed by atoms with E-state index in [4.69, 9.17) is 14.5 Å². The molecule has 160 valence electrons.